The molecule has 1 N–H and O–H groups in total. The van der Waals surface area contributed by atoms with Crippen LogP contribution < -0.4 is 5.32 Å². The number of β-lactam (4-membered cyclic amide) rings is 1. The number of nitrogens with zero attached hydrogens (tertiary/aromatic N) is 1. The summed E-state index contributed by atoms with van der Waals surface area (Å²) in [5, 5.41) is 2.40. The molecule has 3 aliphatic rings. The standard InChI is InChI=1S/C33H28N2O6S2/c36-26(18-21-10-4-1-5-11-21)34-27-30(37)35-28(25(20-43-31(27)35)42-19-24-16-17-40-32(24)38)33(39)41-29(22-12-6-2-7-13-22)23-14-8-3-9-15-23/h1-16,27,29,31H,17-20H2,(H,34,36)/t27-,31+/m1/s1. The molecule has 0 radical (unpaired) electrons. The number of fused-ring (bicyclic) bond motifs is 1. The van der Waals surface area contributed by atoms with Crippen molar-refractivity contribution in [3.8, 4) is 0 Å². The van der Waals surface area contributed by atoms with E-state index in [-0.39, 0.29) is 36.5 Å². The Labute approximate surface area is 257 Å². The predicted octanol–water partition coefficient (Wildman–Crippen LogP) is 4.39. The zero-order chi connectivity index (χ0) is 29.8. The van der Waals surface area contributed by atoms with E-state index in [2.05, 4.69) is 5.32 Å². The Balaban J connectivity index is 1.26. The number of benzene rings is 3. The van der Waals surface area contributed by atoms with Gasteiger partial charge in [-0.15, -0.1) is 23.5 Å². The second kappa shape index (κ2) is 12.9. The van der Waals surface area contributed by atoms with E-state index >= 15 is 0 Å². The number of hydrogen-bond acceptors (Lipinski definition) is 8. The fraction of sp³-hybridized carbons (Fsp3) is 0.212. The highest BCUT2D eigenvalue weighted by molar-refractivity contribution is 8.06. The third kappa shape index (κ3) is 6.25. The van der Waals surface area contributed by atoms with Gasteiger partial charge in [-0.3, -0.25) is 14.5 Å². The van der Waals surface area contributed by atoms with Gasteiger partial charge in [0.05, 0.1) is 6.42 Å². The lowest BCUT2D eigenvalue weighted by atomic mass is 10.0. The van der Waals surface area contributed by atoms with Crippen molar-refractivity contribution in [2.75, 3.05) is 18.1 Å². The highest BCUT2D eigenvalue weighted by Gasteiger charge is 2.54. The van der Waals surface area contributed by atoms with Gasteiger partial charge in [-0.25, -0.2) is 9.59 Å². The first-order chi connectivity index (χ1) is 21.0. The number of amides is 2. The number of carbonyl (C=O) groups excluding carboxylic acids is 4. The normalized spacial score (nSPS) is 19.4. The minimum Gasteiger partial charge on any atom is -0.458 e. The second-order valence-corrected chi connectivity index (χ2v) is 12.3. The van der Waals surface area contributed by atoms with Gasteiger partial charge in [0.25, 0.3) is 5.91 Å². The van der Waals surface area contributed by atoms with Crippen LogP contribution >= 0.6 is 23.5 Å². The van der Waals surface area contributed by atoms with Gasteiger partial charge < -0.3 is 14.8 Å². The van der Waals surface area contributed by atoms with Crippen LogP contribution in [0.4, 0.5) is 0 Å². The van der Waals surface area contributed by atoms with Crippen molar-refractivity contribution >= 4 is 47.3 Å². The molecule has 1 saturated heterocycles. The number of carbonyl (C=O) groups is 4. The van der Waals surface area contributed by atoms with Crippen LogP contribution in [0.15, 0.2) is 113 Å². The lowest BCUT2D eigenvalue weighted by Gasteiger charge is -2.49. The van der Waals surface area contributed by atoms with Crippen LogP contribution in [0.1, 0.15) is 22.8 Å². The molecule has 0 unspecified atom stereocenters. The fourth-order valence-corrected chi connectivity index (χ4v) is 7.74. The number of ether oxygens (including phenoxy) is 2. The summed E-state index contributed by atoms with van der Waals surface area (Å²) in [5.74, 6) is -0.949. The van der Waals surface area contributed by atoms with Gasteiger partial charge >= 0.3 is 11.9 Å². The zero-order valence-electron chi connectivity index (χ0n) is 23.0. The summed E-state index contributed by atoms with van der Waals surface area (Å²) in [6.45, 7) is 0.226. The third-order valence-electron chi connectivity index (χ3n) is 7.29. The molecule has 3 heterocycles. The van der Waals surface area contributed by atoms with E-state index in [1.807, 2.05) is 91.0 Å². The van der Waals surface area contributed by atoms with E-state index in [0.717, 1.165) is 16.7 Å². The summed E-state index contributed by atoms with van der Waals surface area (Å²) in [6, 6.07) is 27.4. The van der Waals surface area contributed by atoms with E-state index in [4.69, 9.17) is 9.47 Å². The lowest BCUT2D eigenvalue weighted by molar-refractivity contribution is -0.154. The molecule has 6 rings (SSSR count). The Kier molecular flexibility index (Phi) is 8.67. The van der Waals surface area contributed by atoms with Crippen LogP contribution in [0.5, 0.6) is 0 Å². The molecule has 218 valence electrons. The molecule has 0 aliphatic carbocycles. The van der Waals surface area contributed by atoms with E-state index in [0.29, 0.717) is 22.0 Å². The predicted molar refractivity (Wildman–Crippen MR) is 165 cm³/mol. The Bertz CT molecular complexity index is 1550. The summed E-state index contributed by atoms with van der Waals surface area (Å²) < 4.78 is 11.2. The molecule has 3 aromatic rings. The molecule has 0 bridgehead atoms. The topological polar surface area (TPSA) is 102 Å². The van der Waals surface area contributed by atoms with Crippen LogP contribution in [0, 0.1) is 0 Å². The molecule has 8 nitrogen and oxygen atoms in total. The first-order valence-corrected chi connectivity index (χ1v) is 15.8. The molecule has 0 spiro atoms. The zero-order valence-corrected chi connectivity index (χ0v) is 24.6. The third-order valence-corrected chi connectivity index (χ3v) is 9.89. The highest BCUT2D eigenvalue weighted by atomic mass is 32.2. The van der Waals surface area contributed by atoms with Gasteiger partial charge in [0, 0.05) is 22.0 Å². The molecule has 0 saturated carbocycles. The summed E-state index contributed by atoms with van der Waals surface area (Å²) in [4.78, 5) is 54.5. The fourth-order valence-electron chi connectivity index (χ4n) is 5.12. The Morgan fingerprint density at radius 3 is 2.19 bits per heavy atom. The van der Waals surface area contributed by atoms with E-state index in [1.165, 1.54) is 28.4 Å². The molecular formula is C33H28N2O6S2. The Morgan fingerprint density at radius 1 is 0.953 bits per heavy atom. The smallest absolute Gasteiger partial charge is 0.356 e. The summed E-state index contributed by atoms with van der Waals surface area (Å²) in [7, 11) is 0. The SMILES string of the molecule is O=C(Cc1ccccc1)N[C@@H]1C(=O)N2C(C(=O)OC(c3ccccc3)c3ccccc3)=C(SCC3=CCOC3=O)CS[C@@H]12. The average Bonchev–Trinajstić information content (AvgIpc) is 3.46. The van der Waals surface area contributed by atoms with Crippen molar-refractivity contribution in [2.24, 2.45) is 0 Å². The maximum atomic E-state index is 14.0. The second-order valence-electron chi connectivity index (χ2n) is 10.1. The molecule has 0 aromatic heterocycles. The van der Waals surface area contributed by atoms with Crippen LogP contribution in [-0.2, 0) is 35.1 Å². The number of thioether (sulfide) groups is 2. The number of rotatable bonds is 10. The molecule has 3 aromatic carbocycles. The van der Waals surface area contributed by atoms with E-state index in [9.17, 15) is 19.2 Å². The molecule has 43 heavy (non-hydrogen) atoms. The number of nitrogens with one attached hydrogen (secondary N) is 1. The summed E-state index contributed by atoms with van der Waals surface area (Å²) in [5.41, 5.74) is 3.09. The first-order valence-electron chi connectivity index (χ1n) is 13.8. The Morgan fingerprint density at radius 2 is 1.58 bits per heavy atom. The van der Waals surface area contributed by atoms with Crippen molar-refractivity contribution in [1.29, 1.82) is 0 Å². The first kappa shape index (κ1) is 28.8. The van der Waals surface area contributed by atoms with Crippen LogP contribution in [0.3, 0.4) is 0 Å². The van der Waals surface area contributed by atoms with Crippen LogP contribution in [0.2, 0.25) is 0 Å². The van der Waals surface area contributed by atoms with Gasteiger partial charge in [-0.05, 0) is 22.8 Å². The van der Waals surface area contributed by atoms with Crippen LogP contribution in [-0.4, -0.2) is 58.2 Å². The Hall–Kier alpha value is -4.28. The van der Waals surface area contributed by atoms with Gasteiger partial charge in [-0.1, -0.05) is 91.0 Å². The monoisotopic (exact) mass is 612 g/mol. The van der Waals surface area contributed by atoms with Gasteiger partial charge in [0.1, 0.15) is 23.7 Å². The van der Waals surface area contributed by atoms with Crippen molar-refractivity contribution in [2.45, 2.75) is 23.9 Å². The summed E-state index contributed by atoms with van der Waals surface area (Å²) in [6.07, 6.45) is 1.17. The van der Waals surface area contributed by atoms with Gasteiger partial charge in [-0.2, -0.15) is 0 Å². The average molecular weight is 613 g/mol. The highest BCUT2D eigenvalue weighted by Crippen LogP contribution is 2.45. The summed E-state index contributed by atoms with van der Waals surface area (Å²) >= 11 is 2.79. The largest absolute Gasteiger partial charge is 0.458 e. The van der Waals surface area contributed by atoms with Gasteiger partial charge in [0.15, 0.2) is 6.10 Å². The van der Waals surface area contributed by atoms with Crippen molar-refractivity contribution in [1.82, 2.24) is 10.2 Å². The maximum Gasteiger partial charge on any atom is 0.356 e. The minimum atomic E-state index is -0.762. The van der Waals surface area contributed by atoms with Gasteiger partial charge in [0.2, 0.25) is 5.91 Å². The number of cyclic esters (lactones) is 1. The van der Waals surface area contributed by atoms with E-state index < -0.39 is 23.5 Å². The van der Waals surface area contributed by atoms with Crippen molar-refractivity contribution in [3.63, 3.8) is 0 Å². The number of hydrogen-bond donors (Lipinski definition) is 1. The molecule has 1 fully saturated rings. The van der Waals surface area contributed by atoms with E-state index in [1.54, 1.807) is 6.08 Å². The molecule has 3 aliphatic heterocycles. The number of esters is 2. The molecular weight excluding hydrogens is 585 g/mol. The molecule has 2 amide bonds. The molecule has 10 heteroatoms. The lowest BCUT2D eigenvalue weighted by Crippen LogP contribution is -2.70. The van der Waals surface area contributed by atoms with Crippen LogP contribution in [0.25, 0.3) is 0 Å². The quantitative estimate of drug-likeness (QED) is 0.266. The maximum absolute atomic E-state index is 14.0. The van der Waals surface area contributed by atoms with Crippen molar-refractivity contribution in [3.05, 3.63) is 130 Å². The minimum absolute atomic E-state index is 0.148. The molecule has 2 atom stereocenters. The van der Waals surface area contributed by atoms with Crippen molar-refractivity contribution < 1.29 is 28.7 Å².